The number of pyridine rings is 1. The Bertz CT molecular complexity index is 922. The Kier molecular flexibility index (Phi) is 4.68. The third-order valence-corrected chi connectivity index (χ3v) is 4.89. The van der Waals surface area contributed by atoms with Crippen LogP contribution in [0.4, 0.5) is 0 Å². The Morgan fingerprint density at radius 1 is 1.12 bits per heavy atom. The van der Waals surface area contributed by atoms with Crippen LogP contribution in [-0.4, -0.2) is 28.4 Å². The number of aromatic nitrogens is 4. The molecule has 124 valence electrons. The molecule has 0 radical (unpaired) electrons. The fourth-order valence-electron chi connectivity index (χ4n) is 2.26. The van der Waals surface area contributed by atoms with Crippen LogP contribution in [0, 0.1) is 6.92 Å². The number of nitrogens with one attached hydrogen (secondary N) is 1. The molecule has 24 heavy (non-hydrogen) atoms. The fourth-order valence-corrected chi connectivity index (χ4v) is 3.42. The van der Waals surface area contributed by atoms with Crippen LogP contribution >= 0.6 is 0 Å². The highest BCUT2D eigenvalue weighted by atomic mass is 32.2. The second-order valence-electron chi connectivity index (χ2n) is 5.34. The molecule has 0 bridgehead atoms. The minimum Gasteiger partial charge on any atom is -0.248 e. The van der Waals surface area contributed by atoms with Gasteiger partial charge in [0.15, 0.2) is 5.03 Å². The van der Waals surface area contributed by atoms with Crippen LogP contribution in [0.15, 0.2) is 59.9 Å². The van der Waals surface area contributed by atoms with E-state index in [4.69, 9.17) is 0 Å². The topological polar surface area (TPSA) is 89.8 Å². The van der Waals surface area contributed by atoms with Crippen LogP contribution in [0.2, 0.25) is 0 Å². The zero-order valence-electron chi connectivity index (χ0n) is 13.1. The van der Waals surface area contributed by atoms with Crippen molar-refractivity contribution in [2.24, 2.45) is 0 Å². The van der Waals surface area contributed by atoms with Gasteiger partial charge in [-0.2, -0.15) is 0 Å². The van der Waals surface area contributed by atoms with Gasteiger partial charge in [0.25, 0.3) is 10.0 Å². The Hall–Kier alpha value is -2.58. The summed E-state index contributed by atoms with van der Waals surface area (Å²) in [6, 6.07) is 13.3. The molecule has 1 N–H and O–H groups in total. The molecule has 3 rings (SSSR count). The van der Waals surface area contributed by atoms with E-state index in [0.717, 1.165) is 5.56 Å². The van der Waals surface area contributed by atoms with E-state index >= 15 is 0 Å². The highest BCUT2D eigenvalue weighted by Gasteiger charge is 2.18. The molecule has 0 saturated carbocycles. The van der Waals surface area contributed by atoms with Crippen molar-refractivity contribution >= 4 is 10.0 Å². The van der Waals surface area contributed by atoms with Gasteiger partial charge < -0.3 is 0 Å². The smallest absolute Gasteiger partial charge is 0.248 e. The lowest BCUT2D eigenvalue weighted by atomic mass is 10.2. The van der Waals surface area contributed by atoms with Crippen molar-refractivity contribution in [1.82, 2.24) is 24.7 Å². The van der Waals surface area contributed by atoms with Gasteiger partial charge >= 0.3 is 0 Å². The molecule has 7 nitrogen and oxygen atoms in total. The van der Waals surface area contributed by atoms with Crippen LogP contribution in [0.25, 0.3) is 0 Å². The van der Waals surface area contributed by atoms with Gasteiger partial charge in [-0.1, -0.05) is 41.6 Å². The summed E-state index contributed by atoms with van der Waals surface area (Å²) < 4.78 is 28.8. The summed E-state index contributed by atoms with van der Waals surface area (Å²) >= 11 is 0. The van der Waals surface area contributed by atoms with Gasteiger partial charge in [-0.3, -0.25) is 0 Å². The van der Waals surface area contributed by atoms with Crippen LogP contribution in [0.5, 0.6) is 0 Å². The molecule has 0 amide bonds. The third-order valence-electron chi connectivity index (χ3n) is 3.43. The first-order valence-corrected chi connectivity index (χ1v) is 8.87. The molecule has 0 fully saturated rings. The summed E-state index contributed by atoms with van der Waals surface area (Å²) in [5.74, 6) is 0. The third kappa shape index (κ3) is 3.84. The van der Waals surface area contributed by atoms with Gasteiger partial charge in [-0.05, 0) is 24.1 Å². The predicted octanol–water partition coefficient (Wildman–Crippen LogP) is 1.51. The van der Waals surface area contributed by atoms with E-state index in [1.54, 1.807) is 29.9 Å². The summed E-state index contributed by atoms with van der Waals surface area (Å²) in [4.78, 5) is 3.93. The first-order valence-electron chi connectivity index (χ1n) is 7.39. The summed E-state index contributed by atoms with van der Waals surface area (Å²) in [5, 5.41) is 8.05. The lowest BCUT2D eigenvalue weighted by Crippen LogP contribution is -2.25. The minimum atomic E-state index is -3.68. The molecule has 0 aliphatic carbocycles. The summed E-state index contributed by atoms with van der Waals surface area (Å²) in [5.41, 5.74) is 2.24. The van der Waals surface area contributed by atoms with Crippen LogP contribution in [0.3, 0.4) is 0 Å². The Morgan fingerprint density at radius 3 is 2.67 bits per heavy atom. The Labute approximate surface area is 140 Å². The monoisotopic (exact) mass is 343 g/mol. The largest absolute Gasteiger partial charge is 0.258 e. The van der Waals surface area contributed by atoms with Gasteiger partial charge in [0.05, 0.1) is 25.0 Å². The number of benzene rings is 1. The number of rotatable bonds is 6. The normalized spacial score (nSPS) is 11.5. The highest BCUT2D eigenvalue weighted by Crippen LogP contribution is 2.11. The number of hydrogen-bond donors (Lipinski definition) is 1. The van der Waals surface area contributed by atoms with Crippen molar-refractivity contribution in [2.75, 3.05) is 0 Å². The van der Waals surface area contributed by atoms with Crippen LogP contribution < -0.4 is 4.72 Å². The number of sulfonamides is 1. The van der Waals surface area contributed by atoms with E-state index < -0.39 is 10.0 Å². The number of aryl methyl sites for hydroxylation is 1. The fraction of sp³-hybridized carbons (Fsp3) is 0.188. The maximum Gasteiger partial charge on any atom is 0.258 e. The molecule has 0 saturated heterocycles. The molecule has 3 aromatic rings. The van der Waals surface area contributed by atoms with Gasteiger partial charge in [-0.25, -0.2) is 22.8 Å². The van der Waals surface area contributed by atoms with E-state index in [-0.39, 0.29) is 11.6 Å². The summed E-state index contributed by atoms with van der Waals surface area (Å²) in [6.07, 6.45) is 3.18. The quantitative estimate of drug-likeness (QED) is 0.733. The predicted molar refractivity (Wildman–Crippen MR) is 88.6 cm³/mol. The maximum absolute atomic E-state index is 12.3. The average molecular weight is 343 g/mol. The Morgan fingerprint density at radius 2 is 1.92 bits per heavy atom. The summed E-state index contributed by atoms with van der Waals surface area (Å²) in [7, 11) is -3.68. The molecule has 8 heteroatoms. The van der Waals surface area contributed by atoms with Gasteiger partial charge in [0.2, 0.25) is 0 Å². The zero-order chi connectivity index (χ0) is 17.0. The first-order chi connectivity index (χ1) is 11.5. The highest BCUT2D eigenvalue weighted by molar-refractivity contribution is 7.89. The van der Waals surface area contributed by atoms with Crippen molar-refractivity contribution in [1.29, 1.82) is 0 Å². The van der Waals surface area contributed by atoms with Crippen LogP contribution in [-0.2, 0) is 23.1 Å². The van der Waals surface area contributed by atoms with E-state index in [2.05, 4.69) is 20.0 Å². The first kappa shape index (κ1) is 16.3. The van der Waals surface area contributed by atoms with Crippen molar-refractivity contribution < 1.29 is 8.42 Å². The molecule has 0 atom stereocenters. The molecular formula is C16H17N5O2S. The molecule has 2 aromatic heterocycles. The molecule has 1 aromatic carbocycles. The van der Waals surface area contributed by atoms with Crippen LogP contribution in [0.1, 0.15) is 16.8 Å². The van der Waals surface area contributed by atoms with Crippen molar-refractivity contribution in [3.05, 3.63) is 71.7 Å². The number of nitrogens with zero attached hydrogens (tertiary/aromatic N) is 4. The maximum atomic E-state index is 12.3. The molecule has 0 aliphatic heterocycles. The second-order valence-corrected chi connectivity index (χ2v) is 7.03. The molecule has 0 spiro atoms. The van der Waals surface area contributed by atoms with E-state index in [1.165, 1.54) is 6.20 Å². The van der Waals surface area contributed by atoms with E-state index in [9.17, 15) is 8.42 Å². The van der Waals surface area contributed by atoms with Gasteiger partial charge in [0, 0.05) is 6.20 Å². The van der Waals surface area contributed by atoms with Crippen molar-refractivity contribution in [3.8, 4) is 0 Å². The molecular weight excluding hydrogens is 326 g/mol. The lowest BCUT2D eigenvalue weighted by Gasteiger charge is -2.06. The zero-order valence-corrected chi connectivity index (χ0v) is 13.9. The molecule has 2 heterocycles. The standard InChI is InChI=1S/C16H17N5O2S/c1-13-6-5-9-17-16(13)24(22,23)18-10-15-12-21(20-19-15)11-14-7-3-2-4-8-14/h2-9,12,18H,10-11H2,1H3. The van der Waals surface area contributed by atoms with Crippen molar-refractivity contribution in [3.63, 3.8) is 0 Å². The van der Waals surface area contributed by atoms with E-state index in [1.807, 2.05) is 30.3 Å². The Balaban J connectivity index is 1.66. The molecule has 0 unspecified atom stereocenters. The van der Waals surface area contributed by atoms with E-state index in [0.29, 0.717) is 17.8 Å². The average Bonchev–Trinajstić information content (AvgIpc) is 3.02. The van der Waals surface area contributed by atoms with Crippen molar-refractivity contribution in [2.45, 2.75) is 25.0 Å². The number of hydrogen-bond acceptors (Lipinski definition) is 5. The molecule has 0 aliphatic rings. The minimum absolute atomic E-state index is 0.0293. The van der Waals surface area contributed by atoms with Gasteiger partial charge in [-0.15, -0.1) is 5.10 Å². The SMILES string of the molecule is Cc1cccnc1S(=O)(=O)NCc1cn(Cc2ccccc2)nn1. The second kappa shape index (κ2) is 6.90. The lowest BCUT2D eigenvalue weighted by molar-refractivity contribution is 0.575. The van der Waals surface area contributed by atoms with Gasteiger partial charge in [0.1, 0.15) is 0 Å². The summed E-state index contributed by atoms with van der Waals surface area (Å²) in [6.45, 7) is 2.35.